The highest BCUT2D eigenvalue weighted by atomic mass is 79.9. The van der Waals surface area contributed by atoms with Crippen molar-refractivity contribution < 1.29 is 9.53 Å². The van der Waals surface area contributed by atoms with Crippen molar-refractivity contribution in [3.8, 4) is 0 Å². The van der Waals surface area contributed by atoms with Crippen molar-refractivity contribution in [2.45, 2.75) is 26.9 Å². The topological polar surface area (TPSA) is 38.3 Å². The van der Waals surface area contributed by atoms with Crippen molar-refractivity contribution in [2.24, 2.45) is 0 Å². The third kappa shape index (κ3) is 3.91. The summed E-state index contributed by atoms with van der Waals surface area (Å²) in [5, 5.41) is 2.66. The summed E-state index contributed by atoms with van der Waals surface area (Å²) in [5.74, 6) is 0. The number of benzene rings is 1. The third-order valence-electron chi connectivity index (χ3n) is 1.70. The number of hydrogen-bond acceptors (Lipinski definition) is 2. The van der Waals surface area contributed by atoms with E-state index in [2.05, 4.69) is 21.2 Å². The van der Waals surface area contributed by atoms with Crippen LogP contribution in [0.15, 0.2) is 22.7 Å². The van der Waals surface area contributed by atoms with Gasteiger partial charge >= 0.3 is 6.09 Å². The highest BCUT2D eigenvalue weighted by Gasteiger charge is 2.07. The van der Waals surface area contributed by atoms with Gasteiger partial charge in [0.05, 0.1) is 11.8 Å². The maximum Gasteiger partial charge on any atom is 0.411 e. The molecule has 0 saturated carbocycles. The van der Waals surface area contributed by atoms with E-state index in [-0.39, 0.29) is 6.10 Å². The van der Waals surface area contributed by atoms with E-state index in [1.165, 1.54) is 0 Å². The maximum absolute atomic E-state index is 11.3. The Hall–Kier alpha value is -1.03. The minimum absolute atomic E-state index is 0.116. The van der Waals surface area contributed by atoms with Gasteiger partial charge in [0.25, 0.3) is 0 Å². The molecule has 0 aliphatic rings. The van der Waals surface area contributed by atoms with Crippen LogP contribution in [0.2, 0.25) is 0 Å². The molecule has 0 atom stereocenters. The number of amides is 1. The van der Waals surface area contributed by atoms with Crippen LogP contribution in [0.5, 0.6) is 0 Å². The van der Waals surface area contributed by atoms with Crippen molar-refractivity contribution in [3.05, 3.63) is 28.2 Å². The number of halogens is 1. The lowest BCUT2D eigenvalue weighted by Gasteiger charge is -2.10. The Kier molecular flexibility index (Phi) is 4.15. The molecule has 0 unspecified atom stereocenters. The van der Waals surface area contributed by atoms with Gasteiger partial charge in [-0.15, -0.1) is 0 Å². The molecule has 0 aliphatic heterocycles. The third-order valence-corrected chi connectivity index (χ3v) is 2.36. The minimum Gasteiger partial charge on any atom is -0.447 e. The molecular formula is C11H14BrNO2. The summed E-state index contributed by atoms with van der Waals surface area (Å²) in [6, 6.07) is 5.70. The predicted octanol–water partition coefficient (Wildman–Crippen LogP) is 3.71. The number of carbonyl (C=O) groups excluding carboxylic acids is 1. The number of nitrogens with one attached hydrogen (secondary N) is 1. The van der Waals surface area contributed by atoms with Crippen LogP contribution in [0, 0.1) is 6.92 Å². The SMILES string of the molecule is Cc1ccc(NC(=O)OC(C)C)c(Br)c1. The van der Waals surface area contributed by atoms with Crippen LogP contribution >= 0.6 is 15.9 Å². The van der Waals surface area contributed by atoms with Gasteiger partial charge in [-0.1, -0.05) is 6.07 Å². The Labute approximate surface area is 97.9 Å². The number of rotatable bonds is 2. The molecule has 1 amide bonds. The Morgan fingerprint density at radius 3 is 2.67 bits per heavy atom. The normalized spacial score (nSPS) is 10.2. The van der Waals surface area contributed by atoms with Gasteiger partial charge in [-0.05, 0) is 54.4 Å². The summed E-state index contributed by atoms with van der Waals surface area (Å²) in [6.45, 7) is 5.61. The maximum atomic E-state index is 11.3. The molecule has 1 aromatic rings. The molecule has 0 fully saturated rings. The minimum atomic E-state index is -0.436. The largest absolute Gasteiger partial charge is 0.447 e. The Balaban J connectivity index is 2.68. The molecule has 1 aromatic carbocycles. The van der Waals surface area contributed by atoms with E-state index < -0.39 is 6.09 Å². The summed E-state index contributed by atoms with van der Waals surface area (Å²) >= 11 is 3.37. The lowest BCUT2D eigenvalue weighted by molar-refractivity contribution is 0.130. The van der Waals surface area contributed by atoms with Crippen LogP contribution in [0.3, 0.4) is 0 Å². The summed E-state index contributed by atoms with van der Waals surface area (Å²) in [7, 11) is 0. The van der Waals surface area contributed by atoms with Gasteiger partial charge in [0.2, 0.25) is 0 Å². The van der Waals surface area contributed by atoms with Crippen LogP contribution in [-0.4, -0.2) is 12.2 Å². The Bertz CT molecular complexity index is 364. The fraction of sp³-hybridized carbons (Fsp3) is 0.364. The zero-order valence-corrected chi connectivity index (χ0v) is 10.6. The van der Waals surface area contributed by atoms with E-state index >= 15 is 0 Å². The fourth-order valence-electron chi connectivity index (χ4n) is 1.08. The quantitative estimate of drug-likeness (QED) is 0.891. The first kappa shape index (κ1) is 12.0. The molecule has 0 heterocycles. The summed E-state index contributed by atoms with van der Waals surface area (Å²) < 4.78 is 5.82. The van der Waals surface area contributed by atoms with Crippen molar-refractivity contribution in [2.75, 3.05) is 5.32 Å². The lowest BCUT2D eigenvalue weighted by atomic mass is 10.2. The molecule has 82 valence electrons. The number of carbonyl (C=O) groups is 1. The van der Waals surface area contributed by atoms with Gasteiger partial charge in [0.1, 0.15) is 0 Å². The zero-order chi connectivity index (χ0) is 11.4. The average Bonchev–Trinajstić information content (AvgIpc) is 2.08. The van der Waals surface area contributed by atoms with Crippen LogP contribution in [0.1, 0.15) is 19.4 Å². The van der Waals surface area contributed by atoms with Gasteiger partial charge in [0, 0.05) is 4.47 Å². The second-order valence-corrected chi connectivity index (χ2v) is 4.42. The van der Waals surface area contributed by atoms with Crippen LogP contribution in [0.25, 0.3) is 0 Å². The predicted molar refractivity (Wildman–Crippen MR) is 64.1 cm³/mol. The lowest BCUT2D eigenvalue weighted by Crippen LogP contribution is -2.18. The molecule has 0 aromatic heterocycles. The first-order valence-electron chi connectivity index (χ1n) is 4.73. The molecule has 0 radical (unpaired) electrons. The molecule has 1 rings (SSSR count). The van der Waals surface area contributed by atoms with E-state index in [0.29, 0.717) is 5.69 Å². The van der Waals surface area contributed by atoms with Gasteiger partial charge in [-0.3, -0.25) is 5.32 Å². The molecule has 1 N–H and O–H groups in total. The van der Waals surface area contributed by atoms with E-state index in [1.54, 1.807) is 0 Å². The highest BCUT2D eigenvalue weighted by molar-refractivity contribution is 9.10. The van der Waals surface area contributed by atoms with Gasteiger partial charge in [-0.2, -0.15) is 0 Å². The molecule has 0 spiro atoms. The van der Waals surface area contributed by atoms with Gasteiger partial charge in [0.15, 0.2) is 0 Å². The second kappa shape index (κ2) is 5.16. The summed E-state index contributed by atoms with van der Waals surface area (Å²) in [4.78, 5) is 11.3. The summed E-state index contributed by atoms with van der Waals surface area (Å²) in [5.41, 5.74) is 1.84. The van der Waals surface area contributed by atoms with Crippen LogP contribution in [0.4, 0.5) is 10.5 Å². The van der Waals surface area contributed by atoms with Crippen LogP contribution in [-0.2, 0) is 4.74 Å². The van der Waals surface area contributed by atoms with Crippen molar-refractivity contribution in [1.82, 2.24) is 0 Å². The van der Waals surface area contributed by atoms with Gasteiger partial charge < -0.3 is 4.74 Å². The molecule has 0 bridgehead atoms. The second-order valence-electron chi connectivity index (χ2n) is 3.56. The van der Waals surface area contributed by atoms with Crippen molar-refractivity contribution >= 4 is 27.7 Å². The van der Waals surface area contributed by atoms with E-state index in [0.717, 1.165) is 10.0 Å². The number of aryl methyl sites for hydroxylation is 1. The van der Waals surface area contributed by atoms with E-state index in [1.807, 2.05) is 39.0 Å². The fourth-order valence-corrected chi connectivity index (χ4v) is 1.67. The van der Waals surface area contributed by atoms with Crippen molar-refractivity contribution in [3.63, 3.8) is 0 Å². The molecule has 4 heteroatoms. The molecule has 0 saturated heterocycles. The Morgan fingerprint density at radius 1 is 1.47 bits per heavy atom. The monoisotopic (exact) mass is 271 g/mol. The Morgan fingerprint density at radius 2 is 2.13 bits per heavy atom. The smallest absolute Gasteiger partial charge is 0.411 e. The van der Waals surface area contributed by atoms with Gasteiger partial charge in [-0.25, -0.2) is 4.79 Å². The number of ether oxygens (including phenoxy) is 1. The number of anilines is 1. The molecular weight excluding hydrogens is 258 g/mol. The molecule has 3 nitrogen and oxygen atoms in total. The molecule has 0 aliphatic carbocycles. The first-order chi connectivity index (χ1) is 6.99. The van der Waals surface area contributed by atoms with Crippen LogP contribution < -0.4 is 5.32 Å². The van der Waals surface area contributed by atoms with E-state index in [4.69, 9.17) is 4.74 Å². The first-order valence-corrected chi connectivity index (χ1v) is 5.52. The molecule has 15 heavy (non-hydrogen) atoms. The zero-order valence-electron chi connectivity index (χ0n) is 9.00. The summed E-state index contributed by atoms with van der Waals surface area (Å²) in [6.07, 6.45) is -0.552. The number of hydrogen-bond donors (Lipinski definition) is 1. The highest BCUT2D eigenvalue weighted by Crippen LogP contribution is 2.23. The average molecular weight is 272 g/mol. The van der Waals surface area contributed by atoms with E-state index in [9.17, 15) is 4.79 Å². The standard InChI is InChI=1S/C11H14BrNO2/c1-7(2)15-11(14)13-10-5-4-8(3)6-9(10)12/h4-7H,1-3H3,(H,13,14). The van der Waals surface area contributed by atoms with Crippen molar-refractivity contribution in [1.29, 1.82) is 0 Å².